The third-order valence-corrected chi connectivity index (χ3v) is 6.29. The van der Waals surface area contributed by atoms with Crippen LogP contribution in [0.3, 0.4) is 0 Å². The number of carbonyl (C=O) groups excluding carboxylic acids is 2. The van der Waals surface area contributed by atoms with E-state index in [1.807, 2.05) is 24.3 Å². The number of methoxy groups -OCH3 is 1. The normalized spacial score (nSPS) is 10.4. The number of hydrogen-bond donors (Lipinski definition) is 2. The zero-order valence-electron chi connectivity index (χ0n) is 16.8. The van der Waals surface area contributed by atoms with Crippen LogP contribution in [0, 0.1) is 0 Å². The minimum Gasteiger partial charge on any atom is -0.497 e. The number of thioether (sulfide) groups is 1. The summed E-state index contributed by atoms with van der Waals surface area (Å²) in [6.45, 7) is -0.0800. The van der Waals surface area contributed by atoms with Gasteiger partial charge in [-0.3, -0.25) is 9.59 Å². The number of hydrogen-bond acceptors (Lipinski definition) is 8. The van der Waals surface area contributed by atoms with Gasteiger partial charge in [0, 0.05) is 18.8 Å². The van der Waals surface area contributed by atoms with Crippen LogP contribution in [0.4, 0.5) is 16.5 Å². The van der Waals surface area contributed by atoms with E-state index in [4.69, 9.17) is 16.3 Å². The predicted octanol–water partition coefficient (Wildman–Crippen LogP) is 4.13. The first-order valence-electron chi connectivity index (χ1n) is 9.10. The second-order valence-corrected chi connectivity index (χ2v) is 8.90. The van der Waals surface area contributed by atoms with E-state index in [9.17, 15) is 9.59 Å². The summed E-state index contributed by atoms with van der Waals surface area (Å²) < 4.78 is 5.84. The minimum atomic E-state index is -0.324. The van der Waals surface area contributed by atoms with Crippen LogP contribution in [0.5, 0.6) is 5.75 Å². The summed E-state index contributed by atoms with van der Waals surface area (Å²) in [4.78, 5) is 25.9. The molecule has 8 nitrogen and oxygen atoms in total. The Balaban J connectivity index is 1.46. The maximum Gasteiger partial charge on any atom is 0.244 e. The largest absolute Gasteiger partial charge is 0.497 e. The second-order valence-electron chi connectivity index (χ2n) is 6.30. The second kappa shape index (κ2) is 11.0. The molecule has 0 aliphatic rings. The van der Waals surface area contributed by atoms with Gasteiger partial charge in [-0.1, -0.05) is 52.9 Å². The Hall–Kier alpha value is -2.82. The molecule has 0 aliphatic carbocycles. The molecule has 2 aromatic carbocycles. The summed E-state index contributed by atoms with van der Waals surface area (Å²) in [6.07, 6.45) is 0. The van der Waals surface area contributed by atoms with Crippen LogP contribution >= 0.6 is 34.7 Å². The number of aromatic nitrogens is 2. The Morgan fingerprint density at radius 1 is 1.19 bits per heavy atom. The zero-order chi connectivity index (χ0) is 22.2. The molecule has 0 aliphatic heterocycles. The Bertz CT molecular complexity index is 1060. The highest BCUT2D eigenvalue weighted by Gasteiger charge is 2.15. The number of nitrogens with zero attached hydrogens (tertiary/aromatic N) is 3. The number of para-hydroxylation sites is 1. The van der Waals surface area contributed by atoms with Gasteiger partial charge in [-0.2, -0.15) is 0 Å². The number of rotatable bonds is 9. The average molecular weight is 478 g/mol. The van der Waals surface area contributed by atoms with Crippen molar-refractivity contribution in [3.8, 4) is 5.75 Å². The lowest BCUT2D eigenvalue weighted by Gasteiger charge is -2.16. The smallest absolute Gasteiger partial charge is 0.244 e. The molecule has 0 radical (unpaired) electrons. The van der Waals surface area contributed by atoms with Crippen LogP contribution in [-0.4, -0.2) is 53.4 Å². The van der Waals surface area contributed by atoms with Gasteiger partial charge in [0.15, 0.2) is 4.34 Å². The van der Waals surface area contributed by atoms with Crippen molar-refractivity contribution in [3.63, 3.8) is 0 Å². The molecule has 3 aromatic rings. The van der Waals surface area contributed by atoms with Gasteiger partial charge in [-0.25, -0.2) is 0 Å². The Morgan fingerprint density at radius 3 is 2.77 bits per heavy atom. The van der Waals surface area contributed by atoms with E-state index in [0.717, 1.165) is 11.4 Å². The van der Waals surface area contributed by atoms with Crippen molar-refractivity contribution in [2.24, 2.45) is 0 Å². The number of benzene rings is 2. The van der Waals surface area contributed by atoms with Gasteiger partial charge < -0.3 is 20.3 Å². The molecule has 2 amide bonds. The molecule has 0 unspecified atom stereocenters. The fourth-order valence-electron chi connectivity index (χ4n) is 2.43. The summed E-state index contributed by atoms with van der Waals surface area (Å²) in [6, 6.07) is 14.4. The average Bonchev–Trinajstić information content (AvgIpc) is 3.21. The van der Waals surface area contributed by atoms with E-state index in [2.05, 4.69) is 20.8 Å². The molecule has 3 rings (SSSR count). The molecule has 0 spiro atoms. The van der Waals surface area contributed by atoms with Crippen molar-refractivity contribution in [1.82, 2.24) is 15.1 Å². The van der Waals surface area contributed by atoms with Gasteiger partial charge in [-0.05, 0) is 24.3 Å². The molecule has 0 saturated heterocycles. The molecule has 0 fully saturated rings. The number of anilines is 3. The van der Waals surface area contributed by atoms with E-state index >= 15 is 0 Å². The van der Waals surface area contributed by atoms with Crippen LogP contribution in [-0.2, 0) is 9.59 Å². The van der Waals surface area contributed by atoms with Crippen molar-refractivity contribution in [2.45, 2.75) is 4.34 Å². The molecule has 11 heteroatoms. The van der Waals surface area contributed by atoms with Crippen LogP contribution in [0.15, 0.2) is 52.9 Å². The molecule has 1 aromatic heterocycles. The standard InChI is InChI=1S/C20H20ClN5O3S2/c1-26(11-17(27)23-16-9-4-3-8-15(16)21)18(28)12-30-20-25-24-19(31-20)22-13-6-5-7-14(10-13)29-2/h3-10H,11-12H2,1-2H3,(H,22,24)(H,23,27). The van der Waals surface area contributed by atoms with Gasteiger partial charge in [0.05, 0.1) is 30.1 Å². The first-order chi connectivity index (χ1) is 14.9. The molecule has 0 saturated carbocycles. The number of carbonyl (C=O) groups is 2. The fraction of sp³-hybridized carbons (Fsp3) is 0.200. The molecule has 1 heterocycles. The topological polar surface area (TPSA) is 96.4 Å². The first-order valence-corrected chi connectivity index (χ1v) is 11.3. The third-order valence-electron chi connectivity index (χ3n) is 4.00. The minimum absolute atomic E-state index is 0.0800. The Morgan fingerprint density at radius 2 is 2.00 bits per heavy atom. The molecule has 162 valence electrons. The summed E-state index contributed by atoms with van der Waals surface area (Å²) >= 11 is 8.63. The number of likely N-dealkylation sites (N-methyl/N-ethyl adjacent to an activating group) is 1. The summed E-state index contributed by atoms with van der Waals surface area (Å²) in [5.74, 6) is 0.353. The van der Waals surface area contributed by atoms with Gasteiger partial charge in [0.1, 0.15) is 5.75 Å². The number of halogens is 1. The molecule has 0 atom stereocenters. The fourth-order valence-corrected chi connectivity index (χ4v) is 4.33. The molecule has 0 bridgehead atoms. The molecular formula is C20H20ClN5O3S2. The number of amides is 2. The van der Waals surface area contributed by atoms with Crippen LogP contribution < -0.4 is 15.4 Å². The first kappa shape index (κ1) is 22.9. The molecule has 31 heavy (non-hydrogen) atoms. The number of nitrogens with one attached hydrogen (secondary N) is 2. The van der Waals surface area contributed by atoms with E-state index in [0.29, 0.717) is 20.2 Å². The number of ether oxygens (including phenoxy) is 1. The van der Waals surface area contributed by atoms with Gasteiger partial charge in [0.2, 0.25) is 16.9 Å². The highest BCUT2D eigenvalue weighted by atomic mass is 35.5. The van der Waals surface area contributed by atoms with Gasteiger partial charge in [-0.15, -0.1) is 10.2 Å². The highest BCUT2D eigenvalue weighted by Crippen LogP contribution is 2.29. The van der Waals surface area contributed by atoms with E-state index in [1.54, 1.807) is 38.4 Å². The van der Waals surface area contributed by atoms with Crippen molar-refractivity contribution in [1.29, 1.82) is 0 Å². The Kier molecular flexibility index (Phi) is 8.10. The van der Waals surface area contributed by atoms with E-state index in [-0.39, 0.29) is 24.1 Å². The zero-order valence-corrected chi connectivity index (χ0v) is 19.2. The summed E-state index contributed by atoms with van der Waals surface area (Å²) in [7, 11) is 3.18. The summed E-state index contributed by atoms with van der Waals surface area (Å²) in [5.41, 5.74) is 1.33. The quantitative estimate of drug-likeness (QED) is 0.447. The van der Waals surface area contributed by atoms with Crippen molar-refractivity contribution < 1.29 is 14.3 Å². The highest BCUT2D eigenvalue weighted by molar-refractivity contribution is 8.01. The molecule has 2 N–H and O–H groups in total. The predicted molar refractivity (Wildman–Crippen MR) is 125 cm³/mol. The van der Waals surface area contributed by atoms with Crippen LogP contribution in [0.2, 0.25) is 5.02 Å². The van der Waals surface area contributed by atoms with Crippen molar-refractivity contribution in [2.75, 3.05) is 37.1 Å². The molecular weight excluding hydrogens is 458 g/mol. The van der Waals surface area contributed by atoms with Crippen LogP contribution in [0.1, 0.15) is 0 Å². The van der Waals surface area contributed by atoms with Crippen molar-refractivity contribution in [3.05, 3.63) is 53.6 Å². The van der Waals surface area contributed by atoms with Gasteiger partial charge >= 0.3 is 0 Å². The maximum atomic E-state index is 12.4. The third kappa shape index (κ3) is 6.84. The SMILES string of the molecule is COc1cccc(Nc2nnc(SCC(=O)N(C)CC(=O)Nc3ccccc3Cl)s2)c1. The Labute approximate surface area is 193 Å². The lowest BCUT2D eigenvalue weighted by Crippen LogP contribution is -2.36. The monoisotopic (exact) mass is 477 g/mol. The lowest BCUT2D eigenvalue weighted by atomic mass is 10.3. The van der Waals surface area contributed by atoms with E-state index < -0.39 is 0 Å². The van der Waals surface area contributed by atoms with Crippen LogP contribution in [0.25, 0.3) is 0 Å². The lowest BCUT2D eigenvalue weighted by molar-refractivity contribution is -0.131. The van der Waals surface area contributed by atoms with Gasteiger partial charge in [0.25, 0.3) is 0 Å². The maximum absolute atomic E-state index is 12.4. The summed E-state index contributed by atoms with van der Waals surface area (Å²) in [5, 5.41) is 15.1. The van der Waals surface area contributed by atoms with E-state index in [1.165, 1.54) is 28.0 Å². The van der Waals surface area contributed by atoms with Crippen molar-refractivity contribution >= 4 is 63.0 Å².